The van der Waals surface area contributed by atoms with Crippen LogP contribution in [0, 0.1) is 5.92 Å². The van der Waals surface area contributed by atoms with Gasteiger partial charge in [0.25, 0.3) is 0 Å². The molecule has 1 aliphatic carbocycles. The van der Waals surface area contributed by atoms with Crippen molar-refractivity contribution >= 4 is 5.78 Å². The average Bonchev–Trinajstić information content (AvgIpc) is 2.58. The van der Waals surface area contributed by atoms with Crippen LogP contribution in [0.25, 0.3) is 0 Å². The van der Waals surface area contributed by atoms with Crippen molar-refractivity contribution in [2.75, 3.05) is 0 Å². The molecule has 0 heterocycles. The molecule has 1 rings (SSSR count). The van der Waals surface area contributed by atoms with Crippen molar-refractivity contribution in [3.63, 3.8) is 0 Å². The lowest BCUT2D eigenvalue weighted by atomic mass is 10.0. The lowest BCUT2D eigenvalue weighted by molar-refractivity contribution is -0.114. The van der Waals surface area contributed by atoms with E-state index in [2.05, 4.69) is 19.1 Å². The Balaban J connectivity index is 2.03. The van der Waals surface area contributed by atoms with Crippen LogP contribution in [0.15, 0.2) is 24.3 Å². The van der Waals surface area contributed by atoms with E-state index in [4.69, 9.17) is 0 Å². The van der Waals surface area contributed by atoms with Crippen LogP contribution in [0.5, 0.6) is 0 Å². The molecular weight excluding hydrogens is 172 g/mol. The summed E-state index contributed by atoms with van der Waals surface area (Å²) < 4.78 is 0. The molecule has 1 aliphatic rings. The van der Waals surface area contributed by atoms with Gasteiger partial charge in [0.2, 0.25) is 0 Å². The Labute approximate surface area is 86.9 Å². The van der Waals surface area contributed by atoms with Crippen molar-refractivity contribution in [3.8, 4) is 0 Å². The highest BCUT2D eigenvalue weighted by Crippen LogP contribution is 2.18. The molecule has 0 bridgehead atoms. The Morgan fingerprint density at radius 1 is 1.43 bits per heavy atom. The topological polar surface area (TPSA) is 17.1 Å². The van der Waals surface area contributed by atoms with Crippen LogP contribution in [0.4, 0.5) is 0 Å². The maximum atomic E-state index is 10.9. The summed E-state index contributed by atoms with van der Waals surface area (Å²) in [6.07, 6.45) is 15.1. The normalized spacial score (nSPS) is 21.2. The van der Waals surface area contributed by atoms with Crippen LogP contribution in [0.1, 0.15) is 45.4 Å². The Bertz CT molecular complexity index is 225. The van der Waals surface area contributed by atoms with Gasteiger partial charge in [-0.15, -0.1) is 0 Å². The van der Waals surface area contributed by atoms with Gasteiger partial charge in [-0.2, -0.15) is 0 Å². The number of hydrogen-bond acceptors (Lipinski definition) is 1. The zero-order chi connectivity index (χ0) is 10.2. The van der Waals surface area contributed by atoms with Gasteiger partial charge >= 0.3 is 0 Å². The quantitative estimate of drug-likeness (QED) is 0.463. The summed E-state index contributed by atoms with van der Waals surface area (Å²) in [6.45, 7) is 2.22. The molecule has 0 N–H and O–H groups in total. The number of unbranched alkanes of at least 4 members (excludes halogenated alkanes) is 3. The first-order valence-corrected chi connectivity index (χ1v) is 5.69. The minimum Gasteiger partial charge on any atom is -0.295 e. The predicted octanol–water partition coefficient (Wildman–Crippen LogP) is 3.66. The van der Waals surface area contributed by atoms with E-state index in [0.29, 0.717) is 5.92 Å². The van der Waals surface area contributed by atoms with Gasteiger partial charge in [0, 0.05) is 6.42 Å². The minimum absolute atomic E-state index is 0.286. The van der Waals surface area contributed by atoms with E-state index in [0.717, 1.165) is 12.8 Å². The zero-order valence-electron chi connectivity index (χ0n) is 9.04. The van der Waals surface area contributed by atoms with Crippen LogP contribution >= 0.6 is 0 Å². The van der Waals surface area contributed by atoms with E-state index >= 15 is 0 Å². The summed E-state index contributed by atoms with van der Waals surface area (Å²) in [5, 5.41) is 0. The summed E-state index contributed by atoms with van der Waals surface area (Å²) in [5.41, 5.74) is 0. The summed E-state index contributed by atoms with van der Waals surface area (Å²) in [5.74, 6) is 0.763. The third-order valence-electron chi connectivity index (χ3n) is 2.60. The molecule has 0 aromatic heterocycles. The lowest BCUT2D eigenvalue weighted by Gasteiger charge is -2.00. The number of carbonyl (C=O) groups excluding carboxylic acids is 1. The molecule has 1 unspecified atom stereocenters. The Hall–Kier alpha value is -0.850. The standard InChI is InChI=1S/C13H20O/c1-2-3-4-5-6-7-8-12-9-10-13(14)11-12/h6-7,9-10,12H,2-5,8,11H2,1H3. The molecule has 0 fully saturated rings. The van der Waals surface area contributed by atoms with Crippen LogP contribution < -0.4 is 0 Å². The fraction of sp³-hybridized carbons (Fsp3) is 0.615. The second kappa shape index (κ2) is 6.58. The molecular formula is C13H20O. The number of carbonyl (C=O) groups is 1. The third-order valence-corrected chi connectivity index (χ3v) is 2.60. The number of allylic oxidation sites excluding steroid dienone is 4. The molecule has 0 aliphatic heterocycles. The lowest BCUT2D eigenvalue weighted by Crippen LogP contribution is -1.94. The summed E-state index contributed by atoms with van der Waals surface area (Å²) >= 11 is 0. The second-order valence-electron chi connectivity index (χ2n) is 3.99. The van der Waals surface area contributed by atoms with E-state index in [1.165, 1.54) is 25.7 Å². The number of ketones is 1. The van der Waals surface area contributed by atoms with Gasteiger partial charge in [0.15, 0.2) is 5.78 Å². The first kappa shape index (κ1) is 11.2. The molecule has 0 aromatic rings. The highest BCUT2D eigenvalue weighted by atomic mass is 16.1. The molecule has 0 spiro atoms. The highest BCUT2D eigenvalue weighted by molar-refractivity contribution is 5.92. The maximum absolute atomic E-state index is 10.9. The van der Waals surface area contributed by atoms with Crippen molar-refractivity contribution in [3.05, 3.63) is 24.3 Å². The largest absolute Gasteiger partial charge is 0.295 e. The number of hydrogen-bond donors (Lipinski definition) is 0. The van der Waals surface area contributed by atoms with E-state index in [1.807, 2.05) is 6.08 Å². The molecule has 0 aromatic carbocycles. The Morgan fingerprint density at radius 2 is 2.29 bits per heavy atom. The van der Waals surface area contributed by atoms with Gasteiger partial charge in [0.05, 0.1) is 0 Å². The van der Waals surface area contributed by atoms with Crippen molar-refractivity contribution in [1.82, 2.24) is 0 Å². The van der Waals surface area contributed by atoms with Crippen molar-refractivity contribution in [2.45, 2.75) is 45.4 Å². The molecule has 0 radical (unpaired) electrons. The molecule has 1 atom stereocenters. The molecule has 78 valence electrons. The van der Waals surface area contributed by atoms with Gasteiger partial charge in [0.1, 0.15) is 0 Å². The number of rotatable bonds is 6. The Morgan fingerprint density at radius 3 is 2.93 bits per heavy atom. The highest BCUT2D eigenvalue weighted by Gasteiger charge is 2.13. The average molecular weight is 192 g/mol. The van der Waals surface area contributed by atoms with Crippen LogP contribution in [-0.4, -0.2) is 5.78 Å². The molecule has 0 amide bonds. The summed E-state index contributed by atoms with van der Waals surface area (Å²) in [6, 6.07) is 0. The van der Waals surface area contributed by atoms with Crippen molar-refractivity contribution in [2.24, 2.45) is 5.92 Å². The fourth-order valence-corrected chi connectivity index (χ4v) is 1.70. The molecule has 1 nitrogen and oxygen atoms in total. The maximum Gasteiger partial charge on any atom is 0.155 e. The van der Waals surface area contributed by atoms with E-state index in [9.17, 15) is 4.79 Å². The minimum atomic E-state index is 0.286. The van der Waals surface area contributed by atoms with Crippen LogP contribution in [0.2, 0.25) is 0 Å². The second-order valence-corrected chi connectivity index (χ2v) is 3.99. The van der Waals surface area contributed by atoms with Gasteiger partial charge in [-0.25, -0.2) is 0 Å². The summed E-state index contributed by atoms with van der Waals surface area (Å²) in [4.78, 5) is 10.9. The van der Waals surface area contributed by atoms with E-state index in [1.54, 1.807) is 6.08 Å². The van der Waals surface area contributed by atoms with E-state index in [-0.39, 0.29) is 5.78 Å². The van der Waals surface area contributed by atoms with Gasteiger partial charge < -0.3 is 0 Å². The predicted molar refractivity (Wildman–Crippen MR) is 60.2 cm³/mol. The Kier molecular flexibility index (Phi) is 5.28. The third kappa shape index (κ3) is 4.40. The van der Waals surface area contributed by atoms with Crippen LogP contribution in [-0.2, 0) is 4.79 Å². The van der Waals surface area contributed by atoms with Gasteiger partial charge in [-0.1, -0.05) is 38.0 Å². The van der Waals surface area contributed by atoms with E-state index < -0.39 is 0 Å². The zero-order valence-corrected chi connectivity index (χ0v) is 9.04. The fourth-order valence-electron chi connectivity index (χ4n) is 1.70. The molecule has 0 saturated heterocycles. The van der Waals surface area contributed by atoms with Gasteiger partial charge in [-0.3, -0.25) is 4.79 Å². The first-order valence-electron chi connectivity index (χ1n) is 5.69. The SMILES string of the molecule is CCCCCC=CCC1C=CC(=O)C1. The molecule has 0 saturated carbocycles. The van der Waals surface area contributed by atoms with Crippen LogP contribution in [0.3, 0.4) is 0 Å². The first-order chi connectivity index (χ1) is 6.83. The smallest absolute Gasteiger partial charge is 0.155 e. The van der Waals surface area contributed by atoms with Crippen molar-refractivity contribution in [1.29, 1.82) is 0 Å². The summed E-state index contributed by atoms with van der Waals surface area (Å²) in [7, 11) is 0. The molecule has 14 heavy (non-hydrogen) atoms. The van der Waals surface area contributed by atoms with Gasteiger partial charge in [-0.05, 0) is 31.3 Å². The molecule has 1 heteroatoms. The monoisotopic (exact) mass is 192 g/mol. The van der Waals surface area contributed by atoms with Crippen molar-refractivity contribution < 1.29 is 4.79 Å².